The number of hydrogen-bond donors (Lipinski definition) is 1. The van der Waals surface area contributed by atoms with Gasteiger partial charge < -0.3 is 5.32 Å². The lowest BCUT2D eigenvalue weighted by Crippen LogP contribution is -2.30. The molecule has 1 heterocycles. The topological polar surface area (TPSA) is 15.3 Å². The van der Waals surface area contributed by atoms with Gasteiger partial charge in [0.2, 0.25) is 0 Å². The van der Waals surface area contributed by atoms with E-state index < -0.39 is 0 Å². The van der Waals surface area contributed by atoms with Gasteiger partial charge >= 0.3 is 0 Å². The van der Waals surface area contributed by atoms with E-state index in [1.54, 1.807) is 5.56 Å². The number of likely N-dealkylation sites (N-methyl/N-ethyl adjacent to an activating group) is 1. The lowest BCUT2D eigenvalue weighted by molar-refractivity contribution is 0.268. The van der Waals surface area contributed by atoms with Crippen molar-refractivity contribution in [1.29, 1.82) is 0 Å². The molecule has 0 bridgehead atoms. The normalized spacial score (nSPS) is 16.4. The zero-order chi connectivity index (χ0) is 10.7. The third-order valence-electron chi connectivity index (χ3n) is 3.19. The van der Waals surface area contributed by atoms with Gasteiger partial charge in [0.1, 0.15) is 0 Å². The van der Waals surface area contributed by atoms with Crippen LogP contribution in [0.15, 0.2) is 18.2 Å². The van der Waals surface area contributed by atoms with Crippen LogP contribution in [0.5, 0.6) is 0 Å². The van der Waals surface area contributed by atoms with Crippen LogP contribution in [0.3, 0.4) is 0 Å². The van der Waals surface area contributed by atoms with Gasteiger partial charge in [0.15, 0.2) is 0 Å². The number of benzene rings is 1. The van der Waals surface area contributed by atoms with Crippen molar-refractivity contribution in [1.82, 2.24) is 10.2 Å². The molecule has 2 heteroatoms. The molecular formula is C13H20N2. The van der Waals surface area contributed by atoms with E-state index in [4.69, 9.17) is 0 Å². The van der Waals surface area contributed by atoms with E-state index in [2.05, 4.69) is 35.3 Å². The molecule has 0 aliphatic carbocycles. The molecule has 1 aromatic rings. The van der Waals surface area contributed by atoms with Crippen molar-refractivity contribution in [2.75, 3.05) is 20.1 Å². The molecule has 82 valence electrons. The minimum Gasteiger partial charge on any atom is -0.316 e. The maximum Gasteiger partial charge on any atom is 0.0236 e. The second kappa shape index (κ2) is 4.77. The van der Waals surface area contributed by atoms with Crippen LogP contribution in [0.2, 0.25) is 0 Å². The fraction of sp³-hybridized carbons (Fsp3) is 0.538. The Labute approximate surface area is 92.3 Å². The smallest absolute Gasteiger partial charge is 0.0236 e. The highest BCUT2D eigenvalue weighted by Gasteiger charge is 2.14. The van der Waals surface area contributed by atoms with E-state index in [0.29, 0.717) is 0 Å². The Balaban J connectivity index is 2.17. The summed E-state index contributed by atoms with van der Waals surface area (Å²) in [6.45, 7) is 6.72. The molecule has 0 atom stereocenters. The van der Waals surface area contributed by atoms with E-state index in [0.717, 1.165) is 19.6 Å². The Morgan fingerprint density at radius 3 is 2.93 bits per heavy atom. The number of nitrogens with zero attached hydrogens (tertiary/aromatic N) is 1. The standard InChI is InChI=1S/C13H20N2/c1-3-15-7-6-12-8-11(9-14-2)4-5-13(12)10-15/h4-5,8,14H,3,6-7,9-10H2,1-2H3. The van der Waals surface area contributed by atoms with Gasteiger partial charge in [0, 0.05) is 19.6 Å². The third kappa shape index (κ3) is 2.39. The molecule has 0 spiro atoms. The maximum atomic E-state index is 3.20. The summed E-state index contributed by atoms with van der Waals surface area (Å²) in [4.78, 5) is 2.50. The Kier molecular flexibility index (Phi) is 3.39. The first-order chi connectivity index (χ1) is 7.33. The molecule has 1 aromatic carbocycles. The van der Waals surface area contributed by atoms with E-state index in [-0.39, 0.29) is 0 Å². The highest BCUT2D eigenvalue weighted by Crippen LogP contribution is 2.20. The van der Waals surface area contributed by atoms with Gasteiger partial charge in [-0.15, -0.1) is 0 Å². The van der Waals surface area contributed by atoms with Gasteiger partial charge in [-0.2, -0.15) is 0 Å². The van der Waals surface area contributed by atoms with Gasteiger partial charge in [-0.25, -0.2) is 0 Å². The summed E-state index contributed by atoms with van der Waals surface area (Å²) in [6, 6.07) is 6.90. The predicted molar refractivity (Wildman–Crippen MR) is 63.9 cm³/mol. The molecule has 0 amide bonds. The van der Waals surface area contributed by atoms with Crippen molar-refractivity contribution < 1.29 is 0 Å². The van der Waals surface area contributed by atoms with E-state index in [1.807, 2.05) is 7.05 Å². The Hall–Kier alpha value is -0.860. The van der Waals surface area contributed by atoms with Crippen LogP contribution in [0.4, 0.5) is 0 Å². The fourth-order valence-electron chi connectivity index (χ4n) is 2.25. The number of rotatable bonds is 3. The summed E-state index contributed by atoms with van der Waals surface area (Å²) in [6.07, 6.45) is 1.21. The lowest BCUT2D eigenvalue weighted by Gasteiger charge is -2.27. The Morgan fingerprint density at radius 1 is 1.33 bits per heavy atom. The molecule has 1 aliphatic rings. The molecule has 0 radical (unpaired) electrons. The van der Waals surface area contributed by atoms with Crippen LogP contribution >= 0.6 is 0 Å². The molecule has 15 heavy (non-hydrogen) atoms. The van der Waals surface area contributed by atoms with E-state index in [9.17, 15) is 0 Å². The van der Waals surface area contributed by atoms with Crippen molar-refractivity contribution in [2.24, 2.45) is 0 Å². The summed E-state index contributed by atoms with van der Waals surface area (Å²) in [5.41, 5.74) is 4.47. The largest absolute Gasteiger partial charge is 0.316 e. The van der Waals surface area contributed by atoms with Crippen LogP contribution in [-0.2, 0) is 19.5 Å². The highest BCUT2D eigenvalue weighted by atomic mass is 15.1. The maximum absolute atomic E-state index is 3.20. The minimum atomic E-state index is 0.977. The number of hydrogen-bond acceptors (Lipinski definition) is 2. The van der Waals surface area contributed by atoms with Gasteiger partial charge in [0.25, 0.3) is 0 Å². The Bertz CT molecular complexity index is 333. The summed E-state index contributed by atoms with van der Waals surface area (Å²) in [5, 5.41) is 3.20. The summed E-state index contributed by atoms with van der Waals surface area (Å²) >= 11 is 0. The molecule has 1 aliphatic heterocycles. The van der Waals surface area contributed by atoms with Crippen LogP contribution in [0.25, 0.3) is 0 Å². The molecular weight excluding hydrogens is 184 g/mol. The highest BCUT2D eigenvalue weighted by molar-refractivity contribution is 5.33. The molecule has 1 N–H and O–H groups in total. The second-order valence-corrected chi connectivity index (χ2v) is 4.25. The van der Waals surface area contributed by atoms with Crippen LogP contribution in [-0.4, -0.2) is 25.0 Å². The van der Waals surface area contributed by atoms with Crippen molar-refractivity contribution in [3.8, 4) is 0 Å². The fourth-order valence-corrected chi connectivity index (χ4v) is 2.25. The van der Waals surface area contributed by atoms with Crippen LogP contribution in [0.1, 0.15) is 23.6 Å². The average Bonchev–Trinajstić information content (AvgIpc) is 2.29. The molecule has 0 aromatic heterocycles. The molecule has 2 rings (SSSR count). The molecule has 0 unspecified atom stereocenters. The van der Waals surface area contributed by atoms with Gasteiger partial charge in [0.05, 0.1) is 0 Å². The van der Waals surface area contributed by atoms with Gasteiger partial charge in [-0.05, 0) is 36.7 Å². The summed E-state index contributed by atoms with van der Waals surface area (Å²) in [5.74, 6) is 0. The first kappa shape index (κ1) is 10.7. The van der Waals surface area contributed by atoms with E-state index >= 15 is 0 Å². The molecule has 0 saturated carbocycles. The zero-order valence-corrected chi connectivity index (χ0v) is 9.71. The zero-order valence-electron chi connectivity index (χ0n) is 9.71. The predicted octanol–water partition coefficient (Wildman–Crippen LogP) is 1.78. The van der Waals surface area contributed by atoms with Crippen molar-refractivity contribution in [3.63, 3.8) is 0 Å². The SMILES string of the molecule is CCN1CCc2cc(CNC)ccc2C1. The van der Waals surface area contributed by atoms with Crippen LogP contribution < -0.4 is 5.32 Å². The van der Waals surface area contributed by atoms with Crippen molar-refractivity contribution in [3.05, 3.63) is 34.9 Å². The van der Waals surface area contributed by atoms with Gasteiger partial charge in [-0.3, -0.25) is 4.90 Å². The first-order valence-electron chi connectivity index (χ1n) is 5.81. The number of fused-ring (bicyclic) bond motifs is 1. The van der Waals surface area contributed by atoms with Crippen LogP contribution in [0, 0.1) is 0 Å². The quantitative estimate of drug-likeness (QED) is 0.807. The monoisotopic (exact) mass is 204 g/mol. The molecule has 2 nitrogen and oxygen atoms in total. The Morgan fingerprint density at radius 2 is 2.20 bits per heavy atom. The lowest BCUT2D eigenvalue weighted by atomic mass is 9.97. The summed E-state index contributed by atoms with van der Waals surface area (Å²) in [7, 11) is 2.00. The van der Waals surface area contributed by atoms with Gasteiger partial charge in [-0.1, -0.05) is 25.1 Å². The minimum absolute atomic E-state index is 0.977. The third-order valence-corrected chi connectivity index (χ3v) is 3.19. The van der Waals surface area contributed by atoms with E-state index in [1.165, 1.54) is 24.1 Å². The van der Waals surface area contributed by atoms with Crippen molar-refractivity contribution >= 4 is 0 Å². The molecule has 0 saturated heterocycles. The second-order valence-electron chi connectivity index (χ2n) is 4.25. The first-order valence-corrected chi connectivity index (χ1v) is 5.81. The summed E-state index contributed by atoms with van der Waals surface area (Å²) < 4.78 is 0. The van der Waals surface area contributed by atoms with Crippen molar-refractivity contribution in [2.45, 2.75) is 26.4 Å². The number of nitrogens with one attached hydrogen (secondary N) is 1. The molecule has 0 fully saturated rings. The average molecular weight is 204 g/mol.